The van der Waals surface area contributed by atoms with E-state index in [2.05, 4.69) is 60.1 Å². The van der Waals surface area contributed by atoms with Crippen LogP contribution >= 0.6 is 0 Å². The highest BCUT2D eigenvalue weighted by atomic mass is 28.4. The molecule has 5 heteroatoms. The summed E-state index contributed by atoms with van der Waals surface area (Å²) in [5, 5.41) is 0.172. The molecule has 0 radical (unpaired) electrons. The SMILES string of the molecule is CCC(O[SiH](C)C)[Si](C)(C)OC(CC)(CC)[SiH](C)C. The van der Waals surface area contributed by atoms with Gasteiger partial charge in [0.1, 0.15) is 0 Å². The second kappa shape index (κ2) is 8.12. The highest BCUT2D eigenvalue weighted by Gasteiger charge is 2.43. The third-order valence-electron chi connectivity index (χ3n) is 4.30. The molecule has 0 rings (SSSR count). The normalized spacial score (nSPS) is 15.3. The van der Waals surface area contributed by atoms with E-state index in [0.29, 0.717) is 5.73 Å². The Hall–Kier alpha value is 0.571. The van der Waals surface area contributed by atoms with Crippen LogP contribution < -0.4 is 0 Å². The van der Waals surface area contributed by atoms with Crippen molar-refractivity contribution >= 4 is 26.2 Å². The van der Waals surface area contributed by atoms with E-state index in [9.17, 15) is 0 Å². The molecule has 0 N–H and O–H groups in total. The summed E-state index contributed by atoms with van der Waals surface area (Å²) in [5.41, 5.74) is 0.365. The zero-order chi connectivity index (χ0) is 15.3. The highest BCUT2D eigenvalue weighted by Crippen LogP contribution is 2.31. The minimum Gasteiger partial charge on any atom is -0.418 e. The summed E-state index contributed by atoms with van der Waals surface area (Å²) in [4.78, 5) is 0. The Labute approximate surface area is 125 Å². The third kappa shape index (κ3) is 5.46. The first-order valence-electron chi connectivity index (χ1n) is 8.00. The van der Waals surface area contributed by atoms with Gasteiger partial charge in [-0.15, -0.1) is 0 Å². The molecular formula is C14H36O2Si3. The fraction of sp³-hybridized carbons (Fsp3) is 1.00. The first kappa shape index (κ1) is 19.6. The Balaban J connectivity index is 5.06. The van der Waals surface area contributed by atoms with Crippen molar-refractivity contribution in [1.29, 1.82) is 0 Å². The van der Waals surface area contributed by atoms with Crippen molar-refractivity contribution in [2.45, 2.75) is 90.3 Å². The number of hydrogen-bond donors (Lipinski definition) is 0. The van der Waals surface area contributed by atoms with Crippen molar-refractivity contribution in [3.8, 4) is 0 Å². The maximum atomic E-state index is 6.84. The van der Waals surface area contributed by atoms with Crippen LogP contribution in [0.5, 0.6) is 0 Å². The van der Waals surface area contributed by atoms with E-state index in [0.717, 1.165) is 19.3 Å². The fourth-order valence-electron chi connectivity index (χ4n) is 3.00. The molecule has 2 nitrogen and oxygen atoms in total. The highest BCUT2D eigenvalue weighted by molar-refractivity contribution is 6.74. The van der Waals surface area contributed by atoms with Crippen LogP contribution in [0.15, 0.2) is 0 Å². The first-order chi connectivity index (χ1) is 8.65. The Morgan fingerprint density at radius 2 is 1.47 bits per heavy atom. The van der Waals surface area contributed by atoms with Crippen LogP contribution in [0.1, 0.15) is 40.0 Å². The van der Waals surface area contributed by atoms with Crippen molar-refractivity contribution < 1.29 is 8.85 Å². The molecule has 1 unspecified atom stereocenters. The average Bonchev–Trinajstić information content (AvgIpc) is 2.32. The molecule has 0 aromatic rings. The quantitative estimate of drug-likeness (QED) is 0.595. The van der Waals surface area contributed by atoms with Crippen molar-refractivity contribution in [3.63, 3.8) is 0 Å². The van der Waals surface area contributed by atoms with Gasteiger partial charge in [-0.1, -0.05) is 33.9 Å². The molecule has 0 aliphatic rings. The first-order valence-corrected chi connectivity index (χ1v) is 16.7. The van der Waals surface area contributed by atoms with Gasteiger partial charge in [0.05, 0.1) is 14.5 Å². The molecule has 0 amide bonds. The minimum atomic E-state index is -1.79. The summed E-state index contributed by atoms with van der Waals surface area (Å²) < 4.78 is 13.1. The lowest BCUT2D eigenvalue weighted by Crippen LogP contribution is -2.57. The zero-order valence-corrected chi connectivity index (χ0v) is 18.0. The zero-order valence-electron chi connectivity index (χ0n) is 14.7. The smallest absolute Gasteiger partial charge is 0.213 e. The lowest BCUT2D eigenvalue weighted by molar-refractivity contribution is 0.106. The summed E-state index contributed by atoms with van der Waals surface area (Å²) in [5.74, 6) is 0. The van der Waals surface area contributed by atoms with E-state index >= 15 is 0 Å². The average molecular weight is 321 g/mol. The summed E-state index contributed by atoms with van der Waals surface area (Å²) in [7, 11) is -3.62. The monoisotopic (exact) mass is 320 g/mol. The molecule has 0 saturated carbocycles. The predicted molar refractivity (Wildman–Crippen MR) is 94.8 cm³/mol. The molecule has 0 bridgehead atoms. The van der Waals surface area contributed by atoms with Crippen LogP contribution in [0.25, 0.3) is 0 Å². The van der Waals surface area contributed by atoms with Gasteiger partial charge in [-0.3, -0.25) is 0 Å². The largest absolute Gasteiger partial charge is 0.418 e. The van der Waals surface area contributed by atoms with Gasteiger partial charge >= 0.3 is 0 Å². The number of hydrogen-bond acceptors (Lipinski definition) is 2. The van der Waals surface area contributed by atoms with Crippen LogP contribution in [0.2, 0.25) is 39.3 Å². The summed E-state index contributed by atoms with van der Waals surface area (Å²) in [6.07, 6.45) is 3.40. The summed E-state index contributed by atoms with van der Waals surface area (Å²) in [6.45, 7) is 20.9. The van der Waals surface area contributed by atoms with E-state index in [1.54, 1.807) is 0 Å². The Morgan fingerprint density at radius 3 is 1.74 bits per heavy atom. The molecule has 116 valence electrons. The molecule has 0 aromatic heterocycles. The molecular weight excluding hydrogens is 284 g/mol. The van der Waals surface area contributed by atoms with Crippen molar-refractivity contribution in [3.05, 3.63) is 0 Å². The van der Waals surface area contributed by atoms with Crippen LogP contribution in [0.3, 0.4) is 0 Å². The van der Waals surface area contributed by atoms with Gasteiger partial charge in [0.25, 0.3) is 0 Å². The Kier molecular flexibility index (Phi) is 8.36. The predicted octanol–water partition coefficient (Wildman–Crippen LogP) is 4.11. The molecule has 0 aliphatic heterocycles. The summed E-state index contributed by atoms with van der Waals surface area (Å²) >= 11 is 0. The van der Waals surface area contributed by atoms with E-state index < -0.39 is 26.2 Å². The lowest BCUT2D eigenvalue weighted by atomic mass is 10.2. The molecule has 0 fully saturated rings. The Bertz CT molecular complexity index is 251. The molecule has 0 saturated heterocycles. The topological polar surface area (TPSA) is 18.5 Å². The van der Waals surface area contributed by atoms with Crippen molar-refractivity contribution in [1.82, 2.24) is 0 Å². The van der Waals surface area contributed by atoms with E-state index in [4.69, 9.17) is 8.85 Å². The molecule has 0 aliphatic carbocycles. The van der Waals surface area contributed by atoms with E-state index in [1.165, 1.54) is 0 Å². The minimum absolute atomic E-state index is 0.172. The third-order valence-corrected chi connectivity index (χ3v) is 11.7. The van der Waals surface area contributed by atoms with Gasteiger partial charge in [0.2, 0.25) is 8.32 Å². The van der Waals surface area contributed by atoms with Crippen LogP contribution in [-0.4, -0.2) is 37.1 Å². The standard InChI is InChI=1S/C14H36O2Si3/c1-10-13(15-18(6)7)19(8,9)16-14(11-2,12-3)17(4)5/h13,17-18H,10-12H2,1-9H3. The maximum absolute atomic E-state index is 6.84. The molecule has 1 atom stereocenters. The molecule has 0 heterocycles. The van der Waals surface area contributed by atoms with E-state index in [-0.39, 0.29) is 5.22 Å². The second-order valence-electron chi connectivity index (χ2n) is 6.71. The van der Waals surface area contributed by atoms with Gasteiger partial charge in [0.15, 0.2) is 9.04 Å². The van der Waals surface area contributed by atoms with Gasteiger partial charge in [0, 0.05) is 5.22 Å². The van der Waals surface area contributed by atoms with Gasteiger partial charge in [-0.05, 0) is 45.5 Å². The van der Waals surface area contributed by atoms with Gasteiger partial charge in [-0.25, -0.2) is 0 Å². The van der Waals surface area contributed by atoms with Crippen molar-refractivity contribution in [2.75, 3.05) is 0 Å². The molecule has 0 spiro atoms. The maximum Gasteiger partial charge on any atom is 0.213 e. The van der Waals surface area contributed by atoms with Crippen molar-refractivity contribution in [2.24, 2.45) is 0 Å². The van der Waals surface area contributed by atoms with Crippen LogP contribution in [0.4, 0.5) is 0 Å². The van der Waals surface area contributed by atoms with Crippen LogP contribution in [-0.2, 0) is 8.85 Å². The fourth-order valence-corrected chi connectivity index (χ4v) is 11.9. The number of rotatable bonds is 9. The summed E-state index contributed by atoms with van der Waals surface area (Å²) in [6, 6.07) is 0. The van der Waals surface area contributed by atoms with Gasteiger partial charge in [-0.2, -0.15) is 0 Å². The van der Waals surface area contributed by atoms with Gasteiger partial charge < -0.3 is 8.85 Å². The molecule has 0 aromatic carbocycles. The second-order valence-corrected chi connectivity index (χ2v) is 16.5. The molecule has 19 heavy (non-hydrogen) atoms. The Morgan fingerprint density at radius 1 is 1.00 bits per heavy atom. The van der Waals surface area contributed by atoms with Crippen LogP contribution in [0, 0.1) is 0 Å². The lowest BCUT2D eigenvalue weighted by Gasteiger charge is -2.45. The van der Waals surface area contributed by atoms with E-state index in [1.807, 2.05) is 0 Å².